The summed E-state index contributed by atoms with van der Waals surface area (Å²) in [6, 6.07) is 13.1. The summed E-state index contributed by atoms with van der Waals surface area (Å²) in [4.78, 5) is 19.8. The summed E-state index contributed by atoms with van der Waals surface area (Å²) in [5.41, 5.74) is 3.39. The molecule has 0 bridgehead atoms. The number of imidazole rings is 1. The van der Waals surface area contributed by atoms with Gasteiger partial charge in [0.15, 0.2) is 0 Å². The number of fused-ring (bicyclic) bond motifs is 1. The summed E-state index contributed by atoms with van der Waals surface area (Å²) < 4.78 is 0. The maximum atomic E-state index is 12.2. The van der Waals surface area contributed by atoms with Crippen LogP contribution in [0.3, 0.4) is 0 Å². The minimum Gasteiger partial charge on any atom is -0.506 e. The topological polar surface area (TPSA) is 78.0 Å². The molecule has 0 saturated heterocycles. The lowest BCUT2D eigenvalue weighted by Crippen LogP contribution is -2.13. The van der Waals surface area contributed by atoms with Crippen molar-refractivity contribution in [2.45, 2.75) is 32.6 Å². The van der Waals surface area contributed by atoms with Crippen LogP contribution in [0.15, 0.2) is 42.5 Å². The first-order valence-corrected chi connectivity index (χ1v) is 8.09. The van der Waals surface area contributed by atoms with Crippen molar-refractivity contribution in [3.05, 3.63) is 53.9 Å². The predicted octanol–water partition coefficient (Wildman–Crippen LogP) is 3.96. The Bertz CT molecular complexity index is 835. The number of aromatic amines is 1. The zero-order chi connectivity index (χ0) is 17.1. The second-order valence-corrected chi connectivity index (χ2v) is 6.18. The molecule has 0 aliphatic heterocycles. The van der Waals surface area contributed by atoms with Crippen LogP contribution < -0.4 is 5.32 Å². The van der Waals surface area contributed by atoms with Crippen LogP contribution in [0.2, 0.25) is 0 Å². The quantitative estimate of drug-likeness (QED) is 0.622. The molecule has 0 saturated carbocycles. The third kappa shape index (κ3) is 3.56. The van der Waals surface area contributed by atoms with E-state index in [1.54, 1.807) is 6.07 Å². The highest BCUT2D eigenvalue weighted by atomic mass is 16.3. The molecule has 0 aliphatic rings. The van der Waals surface area contributed by atoms with Crippen molar-refractivity contribution in [2.75, 3.05) is 5.32 Å². The molecule has 5 heteroatoms. The summed E-state index contributed by atoms with van der Waals surface area (Å²) in [6.45, 7) is 4.14. The average Bonchev–Trinajstić information content (AvgIpc) is 2.97. The number of carbonyl (C=O) groups excluding carboxylic acids is 1. The molecular formula is C19H21N3O2. The van der Waals surface area contributed by atoms with Crippen LogP contribution in [-0.4, -0.2) is 21.0 Å². The molecule has 2 aromatic carbocycles. The fraction of sp³-hybridized carbons (Fsp3) is 0.263. The number of hydrogen-bond acceptors (Lipinski definition) is 3. The number of benzene rings is 2. The number of carbonyl (C=O) groups is 1. The van der Waals surface area contributed by atoms with Gasteiger partial charge in [-0.2, -0.15) is 0 Å². The summed E-state index contributed by atoms with van der Waals surface area (Å²) >= 11 is 0. The highest BCUT2D eigenvalue weighted by Gasteiger charge is 2.10. The summed E-state index contributed by atoms with van der Waals surface area (Å²) in [6.07, 6.45) is 0.816. The molecule has 1 aromatic heterocycles. The van der Waals surface area contributed by atoms with E-state index in [9.17, 15) is 9.90 Å². The number of nitrogens with zero attached hydrogens (tertiary/aromatic N) is 1. The predicted molar refractivity (Wildman–Crippen MR) is 95.2 cm³/mol. The second kappa shape index (κ2) is 6.74. The molecule has 1 heterocycles. The van der Waals surface area contributed by atoms with Gasteiger partial charge < -0.3 is 15.4 Å². The van der Waals surface area contributed by atoms with Gasteiger partial charge in [0.1, 0.15) is 11.6 Å². The Hall–Kier alpha value is -2.82. The number of H-pyrrole nitrogens is 1. The Morgan fingerprint density at radius 3 is 2.79 bits per heavy atom. The van der Waals surface area contributed by atoms with E-state index in [1.807, 2.05) is 36.4 Å². The van der Waals surface area contributed by atoms with Crippen molar-refractivity contribution in [3.63, 3.8) is 0 Å². The molecule has 3 rings (SSSR count). The molecule has 0 unspecified atom stereocenters. The number of para-hydroxylation sites is 2. The number of phenols is 1. The number of anilines is 1. The third-order valence-corrected chi connectivity index (χ3v) is 3.99. The lowest BCUT2D eigenvalue weighted by atomic mass is 10.0. The van der Waals surface area contributed by atoms with E-state index in [1.165, 1.54) is 0 Å². The molecule has 1 amide bonds. The van der Waals surface area contributed by atoms with Gasteiger partial charge in [0, 0.05) is 12.8 Å². The van der Waals surface area contributed by atoms with Crippen molar-refractivity contribution >= 4 is 22.6 Å². The maximum Gasteiger partial charge on any atom is 0.224 e. The number of hydrogen-bond donors (Lipinski definition) is 3. The van der Waals surface area contributed by atoms with Crippen LogP contribution >= 0.6 is 0 Å². The number of nitrogens with one attached hydrogen (secondary N) is 2. The van der Waals surface area contributed by atoms with Crippen molar-refractivity contribution in [2.24, 2.45) is 0 Å². The minimum absolute atomic E-state index is 0.0801. The van der Waals surface area contributed by atoms with E-state index in [-0.39, 0.29) is 11.7 Å². The number of aromatic nitrogens is 2. The van der Waals surface area contributed by atoms with E-state index in [4.69, 9.17) is 0 Å². The lowest BCUT2D eigenvalue weighted by Gasteiger charge is -2.11. The lowest BCUT2D eigenvalue weighted by molar-refractivity contribution is -0.116. The van der Waals surface area contributed by atoms with Gasteiger partial charge in [0.25, 0.3) is 0 Å². The van der Waals surface area contributed by atoms with E-state index in [0.29, 0.717) is 24.4 Å². The molecule has 5 nitrogen and oxygen atoms in total. The van der Waals surface area contributed by atoms with Gasteiger partial charge in [-0.25, -0.2) is 4.98 Å². The Kier molecular flexibility index (Phi) is 4.51. The minimum atomic E-state index is -0.147. The number of aryl methyl sites for hydroxylation is 1. The van der Waals surface area contributed by atoms with Crippen molar-refractivity contribution in [1.82, 2.24) is 9.97 Å². The number of rotatable bonds is 5. The van der Waals surface area contributed by atoms with Gasteiger partial charge in [-0.1, -0.05) is 32.0 Å². The van der Waals surface area contributed by atoms with E-state index in [0.717, 1.165) is 22.4 Å². The molecule has 0 radical (unpaired) electrons. The van der Waals surface area contributed by atoms with Gasteiger partial charge in [0.2, 0.25) is 5.91 Å². The van der Waals surface area contributed by atoms with E-state index in [2.05, 4.69) is 29.1 Å². The van der Waals surface area contributed by atoms with Gasteiger partial charge in [0.05, 0.1) is 16.7 Å². The molecule has 3 N–H and O–H groups in total. The zero-order valence-corrected chi connectivity index (χ0v) is 13.8. The standard InChI is InChI=1S/C19H21N3O2/c1-12(2)13-7-8-17(23)16(11-13)22-19(24)10-9-18-20-14-5-3-4-6-15(14)21-18/h3-8,11-12,23H,9-10H2,1-2H3,(H,20,21)(H,22,24). The monoisotopic (exact) mass is 323 g/mol. The van der Waals surface area contributed by atoms with Crippen molar-refractivity contribution < 1.29 is 9.90 Å². The van der Waals surface area contributed by atoms with E-state index < -0.39 is 0 Å². The van der Waals surface area contributed by atoms with Crippen LogP contribution in [0.25, 0.3) is 11.0 Å². The highest BCUT2D eigenvalue weighted by Crippen LogP contribution is 2.27. The Balaban J connectivity index is 1.64. The molecular weight excluding hydrogens is 302 g/mol. The Morgan fingerprint density at radius 2 is 2.04 bits per heavy atom. The normalized spacial score (nSPS) is 11.1. The average molecular weight is 323 g/mol. The highest BCUT2D eigenvalue weighted by molar-refractivity contribution is 5.92. The fourth-order valence-electron chi connectivity index (χ4n) is 2.58. The van der Waals surface area contributed by atoms with Crippen molar-refractivity contribution in [3.8, 4) is 5.75 Å². The van der Waals surface area contributed by atoms with Crippen LogP contribution in [0.4, 0.5) is 5.69 Å². The molecule has 0 aliphatic carbocycles. The van der Waals surface area contributed by atoms with Crippen LogP contribution in [0.1, 0.15) is 37.6 Å². The molecule has 24 heavy (non-hydrogen) atoms. The summed E-state index contributed by atoms with van der Waals surface area (Å²) in [7, 11) is 0. The molecule has 0 atom stereocenters. The van der Waals surface area contributed by atoms with Gasteiger partial charge in [-0.05, 0) is 35.7 Å². The van der Waals surface area contributed by atoms with Gasteiger partial charge in [-0.15, -0.1) is 0 Å². The van der Waals surface area contributed by atoms with Crippen LogP contribution in [0.5, 0.6) is 5.75 Å². The molecule has 0 spiro atoms. The first-order valence-electron chi connectivity index (χ1n) is 8.09. The van der Waals surface area contributed by atoms with E-state index >= 15 is 0 Å². The van der Waals surface area contributed by atoms with Crippen molar-refractivity contribution in [1.29, 1.82) is 0 Å². The SMILES string of the molecule is CC(C)c1ccc(O)c(NC(=O)CCc2nc3ccccc3[nH]2)c1. The van der Waals surface area contributed by atoms with Crippen LogP contribution in [0, 0.1) is 0 Å². The van der Waals surface area contributed by atoms with Gasteiger partial charge >= 0.3 is 0 Å². The second-order valence-electron chi connectivity index (χ2n) is 6.18. The third-order valence-electron chi connectivity index (χ3n) is 3.99. The largest absolute Gasteiger partial charge is 0.506 e. The first-order chi connectivity index (χ1) is 11.5. The Labute approximate surface area is 140 Å². The smallest absolute Gasteiger partial charge is 0.224 e. The molecule has 0 fully saturated rings. The fourth-order valence-corrected chi connectivity index (χ4v) is 2.58. The summed E-state index contributed by atoms with van der Waals surface area (Å²) in [5, 5.41) is 12.7. The molecule has 124 valence electrons. The number of amides is 1. The molecule has 3 aromatic rings. The maximum absolute atomic E-state index is 12.2. The van der Waals surface area contributed by atoms with Gasteiger partial charge in [-0.3, -0.25) is 4.79 Å². The number of phenolic OH excluding ortho intramolecular Hbond substituents is 1. The number of aromatic hydroxyl groups is 1. The zero-order valence-electron chi connectivity index (χ0n) is 13.8. The van der Waals surface area contributed by atoms with Crippen LogP contribution in [-0.2, 0) is 11.2 Å². The Morgan fingerprint density at radius 1 is 1.25 bits per heavy atom. The first kappa shape index (κ1) is 16.1. The summed E-state index contributed by atoms with van der Waals surface area (Å²) in [5.74, 6) is 1.05.